The molecular weight excluding hydrogens is 318 g/mol. The van der Waals surface area contributed by atoms with E-state index in [1.165, 1.54) is 0 Å². The highest BCUT2D eigenvalue weighted by molar-refractivity contribution is 9.10. The average Bonchev–Trinajstić information content (AvgIpc) is 2.43. The predicted octanol–water partition coefficient (Wildman–Crippen LogP) is 4.41. The number of carbonyl (C=O) groups excluding carboxylic acids is 1. The van der Waals surface area contributed by atoms with Gasteiger partial charge < -0.3 is 10.1 Å². The molecule has 0 atom stereocenters. The summed E-state index contributed by atoms with van der Waals surface area (Å²) in [5.41, 5.74) is 2.44. The summed E-state index contributed by atoms with van der Waals surface area (Å²) in [6.45, 7) is 4.47. The molecule has 104 valence electrons. The van der Waals surface area contributed by atoms with E-state index < -0.39 is 0 Å². The van der Waals surface area contributed by atoms with Crippen molar-refractivity contribution in [1.29, 1.82) is 0 Å². The fourth-order valence-electron chi connectivity index (χ4n) is 1.82. The monoisotopic (exact) mass is 333 g/mol. The summed E-state index contributed by atoms with van der Waals surface area (Å²) in [4.78, 5) is 12.2. The normalized spacial score (nSPS) is 10.2. The Kier molecular flexibility index (Phi) is 4.79. The summed E-state index contributed by atoms with van der Waals surface area (Å²) < 4.78 is 6.20. The molecule has 2 rings (SSSR count). The van der Waals surface area contributed by atoms with E-state index in [9.17, 15) is 4.79 Å². The van der Waals surface area contributed by atoms with Crippen LogP contribution in [-0.4, -0.2) is 12.5 Å². The van der Waals surface area contributed by atoms with Crippen LogP contribution in [0.2, 0.25) is 0 Å². The Labute approximate surface area is 127 Å². The molecule has 0 fully saturated rings. The largest absolute Gasteiger partial charge is 0.493 e. The second kappa shape index (κ2) is 6.57. The van der Waals surface area contributed by atoms with Gasteiger partial charge in [0.25, 0.3) is 5.91 Å². The lowest BCUT2D eigenvalue weighted by atomic mass is 10.1. The summed E-state index contributed by atoms with van der Waals surface area (Å²) in [5, 5.41) is 2.90. The van der Waals surface area contributed by atoms with Crippen LogP contribution < -0.4 is 10.1 Å². The van der Waals surface area contributed by atoms with E-state index in [0.29, 0.717) is 12.2 Å². The molecule has 2 aromatic carbocycles. The lowest BCUT2D eigenvalue weighted by Gasteiger charge is -2.10. The lowest BCUT2D eigenvalue weighted by molar-refractivity contribution is 0.102. The first kappa shape index (κ1) is 14.6. The molecule has 0 heterocycles. The van der Waals surface area contributed by atoms with E-state index in [-0.39, 0.29) is 5.91 Å². The minimum Gasteiger partial charge on any atom is -0.493 e. The first-order valence-electron chi connectivity index (χ1n) is 6.41. The smallest absolute Gasteiger partial charge is 0.255 e. The van der Waals surface area contributed by atoms with E-state index in [0.717, 1.165) is 21.5 Å². The molecule has 4 heteroatoms. The molecule has 0 radical (unpaired) electrons. The van der Waals surface area contributed by atoms with Crippen LogP contribution >= 0.6 is 15.9 Å². The van der Waals surface area contributed by atoms with Gasteiger partial charge in [-0.15, -0.1) is 0 Å². The Morgan fingerprint density at radius 1 is 1.25 bits per heavy atom. The third-order valence-corrected chi connectivity index (χ3v) is 3.51. The standard InChI is InChI=1S/C16H16BrNO2/c1-3-20-15-9-8-12(10-13(15)17)16(19)18-14-7-5-4-6-11(14)2/h4-10H,3H2,1-2H3,(H,18,19). The molecule has 0 bridgehead atoms. The van der Waals surface area contributed by atoms with Gasteiger partial charge in [-0.05, 0) is 59.6 Å². The summed E-state index contributed by atoms with van der Waals surface area (Å²) >= 11 is 3.41. The zero-order valence-electron chi connectivity index (χ0n) is 11.4. The number of anilines is 1. The van der Waals surface area contributed by atoms with Gasteiger partial charge in [0.2, 0.25) is 0 Å². The number of hydrogen-bond donors (Lipinski definition) is 1. The maximum Gasteiger partial charge on any atom is 0.255 e. The molecule has 20 heavy (non-hydrogen) atoms. The van der Waals surface area contributed by atoms with Crippen molar-refractivity contribution in [1.82, 2.24) is 0 Å². The first-order chi connectivity index (χ1) is 9.61. The van der Waals surface area contributed by atoms with Gasteiger partial charge in [0.05, 0.1) is 11.1 Å². The van der Waals surface area contributed by atoms with Gasteiger partial charge in [-0.25, -0.2) is 0 Å². The summed E-state index contributed by atoms with van der Waals surface area (Å²) in [6, 6.07) is 13.0. The molecule has 0 spiro atoms. The van der Waals surface area contributed by atoms with Gasteiger partial charge in [-0.1, -0.05) is 18.2 Å². The van der Waals surface area contributed by atoms with Gasteiger partial charge >= 0.3 is 0 Å². The van der Waals surface area contributed by atoms with E-state index in [2.05, 4.69) is 21.2 Å². The van der Waals surface area contributed by atoms with Crippen LogP contribution in [0.15, 0.2) is 46.9 Å². The maximum atomic E-state index is 12.2. The number of aryl methyl sites for hydroxylation is 1. The Bertz CT molecular complexity index is 626. The number of rotatable bonds is 4. The van der Waals surface area contributed by atoms with E-state index >= 15 is 0 Å². The molecule has 0 saturated heterocycles. The fourth-order valence-corrected chi connectivity index (χ4v) is 2.32. The first-order valence-corrected chi connectivity index (χ1v) is 7.20. The molecule has 0 unspecified atom stereocenters. The topological polar surface area (TPSA) is 38.3 Å². The second-order valence-corrected chi connectivity index (χ2v) is 5.20. The van der Waals surface area contributed by atoms with Crippen LogP contribution in [-0.2, 0) is 0 Å². The number of benzene rings is 2. The minimum absolute atomic E-state index is 0.136. The summed E-state index contributed by atoms with van der Waals surface area (Å²) in [6.07, 6.45) is 0. The molecule has 0 aliphatic carbocycles. The van der Waals surface area contributed by atoms with Crippen molar-refractivity contribution in [3.05, 3.63) is 58.1 Å². The number of amides is 1. The van der Waals surface area contributed by atoms with E-state index in [1.54, 1.807) is 18.2 Å². The highest BCUT2D eigenvalue weighted by atomic mass is 79.9. The third-order valence-electron chi connectivity index (χ3n) is 2.89. The van der Waals surface area contributed by atoms with Gasteiger partial charge in [0.1, 0.15) is 5.75 Å². The summed E-state index contributed by atoms with van der Waals surface area (Å²) in [5.74, 6) is 0.600. The Morgan fingerprint density at radius 3 is 2.65 bits per heavy atom. The van der Waals surface area contributed by atoms with Crippen molar-refractivity contribution in [2.45, 2.75) is 13.8 Å². The van der Waals surface area contributed by atoms with Crippen LogP contribution in [0.4, 0.5) is 5.69 Å². The van der Waals surface area contributed by atoms with Crippen molar-refractivity contribution >= 4 is 27.5 Å². The molecule has 1 N–H and O–H groups in total. The van der Waals surface area contributed by atoms with Crippen molar-refractivity contribution in [3.63, 3.8) is 0 Å². The highest BCUT2D eigenvalue weighted by Gasteiger charge is 2.10. The number of nitrogens with one attached hydrogen (secondary N) is 1. The van der Waals surface area contributed by atoms with Crippen molar-refractivity contribution < 1.29 is 9.53 Å². The van der Waals surface area contributed by atoms with Gasteiger partial charge in [0.15, 0.2) is 0 Å². The zero-order valence-corrected chi connectivity index (χ0v) is 13.0. The van der Waals surface area contributed by atoms with Crippen LogP contribution in [0.25, 0.3) is 0 Å². The number of ether oxygens (including phenoxy) is 1. The van der Waals surface area contributed by atoms with Crippen LogP contribution in [0.3, 0.4) is 0 Å². The van der Waals surface area contributed by atoms with E-state index in [4.69, 9.17) is 4.74 Å². The molecule has 2 aromatic rings. The Morgan fingerprint density at radius 2 is 2.00 bits per heavy atom. The number of para-hydroxylation sites is 1. The fraction of sp³-hybridized carbons (Fsp3) is 0.188. The Balaban J connectivity index is 2.18. The lowest BCUT2D eigenvalue weighted by Crippen LogP contribution is -2.12. The highest BCUT2D eigenvalue weighted by Crippen LogP contribution is 2.26. The molecule has 0 saturated carbocycles. The molecule has 0 aliphatic heterocycles. The maximum absolute atomic E-state index is 12.2. The average molecular weight is 334 g/mol. The Hall–Kier alpha value is -1.81. The van der Waals surface area contributed by atoms with Crippen molar-refractivity contribution in [3.8, 4) is 5.75 Å². The summed E-state index contributed by atoms with van der Waals surface area (Å²) in [7, 11) is 0. The van der Waals surface area contributed by atoms with Gasteiger partial charge in [0, 0.05) is 11.3 Å². The van der Waals surface area contributed by atoms with Gasteiger partial charge in [-0.3, -0.25) is 4.79 Å². The van der Waals surface area contributed by atoms with Crippen LogP contribution in [0.5, 0.6) is 5.75 Å². The van der Waals surface area contributed by atoms with Crippen molar-refractivity contribution in [2.75, 3.05) is 11.9 Å². The quantitative estimate of drug-likeness (QED) is 0.899. The van der Waals surface area contributed by atoms with E-state index in [1.807, 2.05) is 38.1 Å². The third kappa shape index (κ3) is 3.39. The molecular formula is C16H16BrNO2. The number of halogens is 1. The number of hydrogen-bond acceptors (Lipinski definition) is 2. The van der Waals surface area contributed by atoms with Gasteiger partial charge in [-0.2, -0.15) is 0 Å². The predicted molar refractivity (Wildman–Crippen MR) is 84.4 cm³/mol. The molecule has 0 aromatic heterocycles. The second-order valence-electron chi connectivity index (χ2n) is 4.35. The van der Waals surface area contributed by atoms with Crippen LogP contribution in [0.1, 0.15) is 22.8 Å². The molecule has 0 aliphatic rings. The zero-order chi connectivity index (χ0) is 14.5. The van der Waals surface area contributed by atoms with Crippen molar-refractivity contribution in [2.24, 2.45) is 0 Å². The number of carbonyl (C=O) groups is 1. The SMILES string of the molecule is CCOc1ccc(C(=O)Nc2ccccc2C)cc1Br. The van der Waals surface area contributed by atoms with Crippen LogP contribution in [0, 0.1) is 6.92 Å². The molecule has 3 nitrogen and oxygen atoms in total. The minimum atomic E-state index is -0.136. The molecule has 1 amide bonds.